The van der Waals surface area contributed by atoms with Gasteiger partial charge in [-0.05, 0) is 49.6 Å². The summed E-state index contributed by atoms with van der Waals surface area (Å²) < 4.78 is 25.9. The number of hydrogen-bond acceptors (Lipinski definition) is 7. The first-order valence-corrected chi connectivity index (χ1v) is 11.6. The van der Waals surface area contributed by atoms with Crippen LogP contribution in [0.5, 0.6) is 0 Å². The summed E-state index contributed by atoms with van der Waals surface area (Å²) >= 11 is 0. The van der Waals surface area contributed by atoms with Gasteiger partial charge in [0, 0.05) is 32.2 Å². The number of hydrogen-bond donors (Lipinski definition) is 3. The van der Waals surface area contributed by atoms with Gasteiger partial charge in [0.1, 0.15) is 18.0 Å². The molecule has 0 saturated carbocycles. The van der Waals surface area contributed by atoms with Gasteiger partial charge in [-0.2, -0.15) is 5.26 Å². The first-order valence-electron chi connectivity index (χ1n) is 11.6. The molecule has 9 heteroatoms. The average molecular weight is 468 g/mol. The van der Waals surface area contributed by atoms with E-state index in [2.05, 4.69) is 27.0 Å². The Morgan fingerprint density at radius 1 is 1.38 bits per heavy atom. The molecule has 1 amide bonds. The fraction of sp³-hybridized carbons (Fsp3) is 0.480. The van der Waals surface area contributed by atoms with Crippen molar-refractivity contribution in [1.82, 2.24) is 15.6 Å². The SMILES string of the molecule is CO[C@@H]1CCNC[C@@H](C(=O)N[C@H](C#N)Cc2ccc(-c3ccc4c(n3)CCCN4)cc2F)OC1. The van der Waals surface area contributed by atoms with Crippen molar-refractivity contribution in [3.8, 4) is 17.3 Å². The summed E-state index contributed by atoms with van der Waals surface area (Å²) in [5, 5.41) is 18.7. The van der Waals surface area contributed by atoms with Crippen molar-refractivity contribution < 1.29 is 18.7 Å². The molecule has 0 spiro atoms. The molecule has 1 aromatic heterocycles. The summed E-state index contributed by atoms with van der Waals surface area (Å²) in [5.74, 6) is -0.837. The number of fused-ring (bicyclic) bond motifs is 1. The van der Waals surface area contributed by atoms with E-state index in [1.165, 1.54) is 6.07 Å². The van der Waals surface area contributed by atoms with Crippen molar-refractivity contribution in [2.45, 2.75) is 43.9 Å². The number of anilines is 1. The quantitative estimate of drug-likeness (QED) is 0.598. The third kappa shape index (κ3) is 5.89. The predicted octanol–water partition coefficient (Wildman–Crippen LogP) is 2.19. The molecule has 180 valence electrons. The van der Waals surface area contributed by atoms with Gasteiger partial charge in [0.2, 0.25) is 0 Å². The van der Waals surface area contributed by atoms with Crippen LogP contribution in [-0.4, -0.2) is 62.5 Å². The molecule has 3 N–H and O–H groups in total. The van der Waals surface area contributed by atoms with Crippen LogP contribution in [0.1, 0.15) is 24.1 Å². The van der Waals surface area contributed by atoms with Crippen LogP contribution in [0.15, 0.2) is 30.3 Å². The number of carbonyl (C=O) groups excluding carboxylic acids is 1. The fourth-order valence-electron chi connectivity index (χ4n) is 4.19. The largest absolute Gasteiger partial charge is 0.384 e. The molecule has 1 aromatic carbocycles. The van der Waals surface area contributed by atoms with Crippen LogP contribution in [-0.2, 0) is 27.1 Å². The lowest BCUT2D eigenvalue weighted by Crippen LogP contribution is -2.49. The molecule has 0 aliphatic carbocycles. The number of nitrogens with one attached hydrogen (secondary N) is 3. The van der Waals surface area contributed by atoms with Crippen molar-refractivity contribution in [1.29, 1.82) is 5.26 Å². The number of halogens is 1. The molecule has 34 heavy (non-hydrogen) atoms. The zero-order valence-electron chi connectivity index (χ0n) is 19.3. The second-order valence-corrected chi connectivity index (χ2v) is 8.59. The number of carbonyl (C=O) groups is 1. The third-order valence-electron chi connectivity index (χ3n) is 6.21. The van der Waals surface area contributed by atoms with Crippen LogP contribution in [0.4, 0.5) is 10.1 Å². The van der Waals surface area contributed by atoms with Gasteiger partial charge >= 0.3 is 0 Å². The van der Waals surface area contributed by atoms with E-state index in [9.17, 15) is 14.4 Å². The first-order chi connectivity index (χ1) is 16.6. The molecular formula is C25H30FN5O3. The molecule has 2 aromatic rings. The van der Waals surface area contributed by atoms with Crippen LogP contribution in [0.2, 0.25) is 0 Å². The van der Waals surface area contributed by atoms with Gasteiger partial charge in [0.05, 0.1) is 35.9 Å². The molecule has 0 unspecified atom stereocenters. The van der Waals surface area contributed by atoms with E-state index >= 15 is 0 Å². The summed E-state index contributed by atoms with van der Waals surface area (Å²) in [5.41, 5.74) is 3.76. The number of aryl methyl sites for hydroxylation is 1. The Morgan fingerprint density at radius 3 is 3.06 bits per heavy atom. The number of aromatic nitrogens is 1. The lowest BCUT2D eigenvalue weighted by Gasteiger charge is -2.25. The van der Waals surface area contributed by atoms with Crippen LogP contribution in [0.25, 0.3) is 11.3 Å². The molecule has 8 nitrogen and oxygen atoms in total. The minimum atomic E-state index is -0.881. The number of ether oxygens (including phenoxy) is 2. The van der Waals surface area contributed by atoms with Crippen molar-refractivity contribution in [3.63, 3.8) is 0 Å². The highest BCUT2D eigenvalue weighted by molar-refractivity contribution is 5.81. The van der Waals surface area contributed by atoms with E-state index in [0.717, 1.165) is 37.2 Å². The van der Waals surface area contributed by atoms with Gasteiger partial charge in [0.15, 0.2) is 0 Å². The summed E-state index contributed by atoms with van der Waals surface area (Å²) in [6.45, 7) is 2.29. The number of nitrogens with zero attached hydrogens (tertiary/aromatic N) is 2. The maximum absolute atomic E-state index is 14.9. The number of methoxy groups -OCH3 is 1. The monoisotopic (exact) mass is 467 g/mol. The standard InChI is InChI=1S/C25H30FN5O3/c1-33-19-8-10-28-14-24(34-15-19)25(32)30-18(13-27)11-16-4-5-17(12-20(16)26)21-6-7-22-23(31-21)3-2-9-29-22/h4-7,12,18-19,24,28-29H,2-3,8-11,14-15H2,1H3,(H,30,32)/t18-,19+,24-/m0/s1. The van der Waals surface area contributed by atoms with Crippen LogP contribution in [0.3, 0.4) is 0 Å². The normalized spacial score (nSPS) is 21.2. The average Bonchev–Trinajstić information content (AvgIpc) is 2.84. The number of pyridine rings is 1. The predicted molar refractivity (Wildman–Crippen MR) is 126 cm³/mol. The van der Waals surface area contributed by atoms with Crippen molar-refractivity contribution in [3.05, 3.63) is 47.4 Å². The molecule has 0 radical (unpaired) electrons. The Bertz CT molecular complexity index is 1060. The second kappa shape index (κ2) is 11.4. The second-order valence-electron chi connectivity index (χ2n) is 8.59. The first kappa shape index (κ1) is 24.1. The Morgan fingerprint density at radius 2 is 2.26 bits per heavy atom. The summed E-state index contributed by atoms with van der Waals surface area (Å²) in [6, 6.07) is 9.91. The van der Waals surface area contributed by atoms with Gasteiger partial charge in [-0.1, -0.05) is 12.1 Å². The zero-order valence-corrected chi connectivity index (χ0v) is 19.3. The molecule has 3 atom stereocenters. The highest BCUT2D eigenvalue weighted by Crippen LogP contribution is 2.26. The van der Waals surface area contributed by atoms with Crippen LogP contribution >= 0.6 is 0 Å². The van der Waals surface area contributed by atoms with Crippen LogP contribution < -0.4 is 16.0 Å². The van der Waals surface area contributed by atoms with Gasteiger partial charge in [-0.15, -0.1) is 0 Å². The van der Waals surface area contributed by atoms with E-state index in [4.69, 9.17) is 9.47 Å². The molecule has 2 aliphatic heterocycles. The van der Waals surface area contributed by atoms with Crippen LogP contribution in [0, 0.1) is 17.1 Å². The molecule has 3 heterocycles. The summed E-state index contributed by atoms with van der Waals surface area (Å²) in [7, 11) is 1.61. The maximum atomic E-state index is 14.9. The lowest BCUT2D eigenvalue weighted by molar-refractivity contribution is -0.136. The maximum Gasteiger partial charge on any atom is 0.251 e. The minimum Gasteiger partial charge on any atom is -0.384 e. The number of rotatable bonds is 6. The Balaban J connectivity index is 1.40. The topological polar surface area (TPSA) is 108 Å². The Labute approximate surface area is 198 Å². The number of benzene rings is 1. The van der Waals surface area contributed by atoms with E-state index in [-0.39, 0.29) is 12.5 Å². The Kier molecular flexibility index (Phi) is 8.06. The van der Waals surface area contributed by atoms with Crippen molar-refractivity contribution in [2.24, 2.45) is 0 Å². The number of amides is 1. The molecule has 2 aliphatic rings. The summed E-state index contributed by atoms with van der Waals surface area (Å²) in [6.07, 6.45) is 1.92. The number of nitriles is 1. The van der Waals surface area contributed by atoms with Crippen molar-refractivity contribution >= 4 is 11.6 Å². The van der Waals surface area contributed by atoms with Gasteiger partial charge in [0.25, 0.3) is 5.91 Å². The summed E-state index contributed by atoms with van der Waals surface area (Å²) in [4.78, 5) is 17.4. The Hall–Kier alpha value is -3.06. The van der Waals surface area contributed by atoms with E-state index < -0.39 is 23.9 Å². The fourth-order valence-corrected chi connectivity index (χ4v) is 4.19. The molecule has 0 bridgehead atoms. The van der Waals surface area contributed by atoms with Gasteiger partial charge in [-0.25, -0.2) is 4.39 Å². The smallest absolute Gasteiger partial charge is 0.251 e. The molecule has 4 rings (SSSR count). The minimum absolute atomic E-state index is 0.0523. The highest BCUT2D eigenvalue weighted by atomic mass is 19.1. The van der Waals surface area contributed by atoms with E-state index in [0.29, 0.717) is 36.5 Å². The zero-order chi connectivity index (χ0) is 23.9. The third-order valence-corrected chi connectivity index (χ3v) is 6.21. The van der Waals surface area contributed by atoms with Gasteiger partial charge < -0.3 is 25.4 Å². The highest BCUT2D eigenvalue weighted by Gasteiger charge is 2.25. The van der Waals surface area contributed by atoms with E-state index in [1.807, 2.05) is 12.1 Å². The molecular weight excluding hydrogens is 437 g/mol. The van der Waals surface area contributed by atoms with E-state index in [1.54, 1.807) is 19.2 Å². The molecule has 1 fully saturated rings. The van der Waals surface area contributed by atoms with Gasteiger partial charge in [-0.3, -0.25) is 9.78 Å². The lowest BCUT2D eigenvalue weighted by atomic mass is 10.0. The molecule has 1 saturated heterocycles. The van der Waals surface area contributed by atoms with Crippen molar-refractivity contribution in [2.75, 3.05) is 38.7 Å².